The molecule has 3 unspecified atom stereocenters. The second-order valence-electron chi connectivity index (χ2n) is 3.95. The van der Waals surface area contributed by atoms with Crippen LogP contribution in [0.3, 0.4) is 0 Å². The smallest absolute Gasteiger partial charge is 0.250 e. The molecule has 1 aliphatic rings. The first kappa shape index (κ1) is 12.4. The minimum atomic E-state index is -0.579. The molecule has 1 rings (SSSR count). The zero-order chi connectivity index (χ0) is 11.3. The van der Waals surface area contributed by atoms with E-state index in [2.05, 4.69) is 5.32 Å². The lowest BCUT2D eigenvalue weighted by atomic mass is 10.0. The van der Waals surface area contributed by atoms with Crippen LogP contribution in [0.1, 0.15) is 19.3 Å². The van der Waals surface area contributed by atoms with E-state index in [-0.39, 0.29) is 31.0 Å². The normalized spacial score (nSPS) is 27.7. The standard InChI is InChI=1S/C10H20N2O3/c1-15-9(5-11)10(14)12-8-4-2-3-7(8)6-13/h7-9,13H,2-6,11H2,1H3,(H,12,14). The summed E-state index contributed by atoms with van der Waals surface area (Å²) in [5.74, 6) is 0.00887. The molecule has 1 saturated carbocycles. The van der Waals surface area contributed by atoms with Gasteiger partial charge in [-0.15, -0.1) is 0 Å². The summed E-state index contributed by atoms with van der Waals surface area (Å²) in [4.78, 5) is 11.6. The number of nitrogens with two attached hydrogens (primary N) is 1. The Bertz CT molecular complexity index is 207. The number of aliphatic hydroxyl groups excluding tert-OH is 1. The van der Waals surface area contributed by atoms with E-state index in [4.69, 9.17) is 15.6 Å². The summed E-state index contributed by atoms with van der Waals surface area (Å²) < 4.78 is 4.94. The number of carbonyl (C=O) groups is 1. The minimum Gasteiger partial charge on any atom is -0.396 e. The molecule has 3 atom stereocenters. The van der Waals surface area contributed by atoms with Gasteiger partial charge < -0.3 is 20.9 Å². The first-order valence-electron chi connectivity index (χ1n) is 5.37. The van der Waals surface area contributed by atoms with E-state index in [1.807, 2.05) is 0 Å². The molecule has 88 valence electrons. The number of aliphatic hydroxyl groups is 1. The van der Waals surface area contributed by atoms with Crippen LogP contribution in [-0.4, -0.2) is 43.4 Å². The van der Waals surface area contributed by atoms with Crippen molar-refractivity contribution in [2.24, 2.45) is 11.7 Å². The number of methoxy groups -OCH3 is 1. The van der Waals surface area contributed by atoms with Gasteiger partial charge in [0.25, 0.3) is 5.91 Å². The van der Waals surface area contributed by atoms with Crippen molar-refractivity contribution in [1.82, 2.24) is 5.32 Å². The Hall–Kier alpha value is -0.650. The second kappa shape index (κ2) is 6.05. The molecule has 0 heterocycles. The number of hydrogen-bond acceptors (Lipinski definition) is 4. The highest BCUT2D eigenvalue weighted by Crippen LogP contribution is 2.25. The first-order chi connectivity index (χ1) is 7.22. The van der Waals surface area contributed by atoms with E-state index < -0.39 is 6.10 Å². The molecule has 0 bridgehead atoms. The Morgan fingerprint density at radius 2 is 2.40 bits per heavy atom. The fourth-order valence-electron chi connectivity index (χ4n) is 2.03. The molecule has 5 heteroatoms. The van der Waals surface area contributed by atoms with Crippen LogP contribution in [-0.2, 0) is 9.53 Å². The monoisotopic (exact) mass is 216 g/mol. The summed E-state index contributed by atoms with van der Waals surface area (Å²) in [7, 11) is 1.47. The SMILES string of the molecule is COC(CN)C(=O)NC1CCCC1CO. The molecular weight excluding hydrogens is 196 g/mol. The van der Waals surface area contributed by atoms with Crippen molar-refractivity contribution in [3.8, 4) is 0 Å². The van der Waals surface area contributed by atoms with Crippen molar-refractivity contribution in [3.63, 3.8) is 0 Å². The molecule has 0 spiro atoms. The van der Waals surface area contributed by atoms with Crippen molar-refractivity contribution in [3.05, 3.63) is 0 Å². The quantitative estimate of drug-likeness (QED) is 0.564. The summed E-state index contributed by atoms with van der Waals surface area (Å²) in [5.41, 5.74) is 5.39. The molecule has 0 aromatic rings. The van der Waals surface area contributed by atoms with Crippen LogP contribution in [0.25, 0.3) is 0 Å². The minimum absolute atomic E-state index is 0.0756. The second-order valence-corrected chi connectivity index (χ2v) is 3.95. The van der Waals surface area contributed by atoms with Crippen LogP contribution >= 0.6 is 0 Å². The van der Waals surface area contributed by atoms with Gasteiger partial charge in [0.05, 0.1) is 0 Å². The summed E-state index contributed by atoms with van der Waals surface area (Å²) >= 11 is 0. The lowest BCUT2D eigenvalue weighted by Crippen LogP contribution is -2.46. The Balaban J connectivity index is 2.42. The highest BCUT2D eigenvalue weighted by atomic mass is 16.5. The maximum atomic E-state index is 11.6. The van der Waals surface area contributed by atoms with Gasteiger partial charge in [-0.05, 0) is 12.8 Å². The molecule has 4 N–H and O–H groups in total. The van der Waals surface area contributed by atoms with Gasteiger partial charge >= 0.3 is 0 Å². The van der Waals surface area contributed by atoms with Crippen molar-refractivity contribution >= 4 is 5.91 Å². The van der Waals surface area contributed by atoms with Crippen LogP contribution in [0, 0.1) is 5.92 Å². The first-order valence-corrected chi connectivity index (χ1v) is 5.37. The molecule has 0 saturated heterocycles. The third-order valence-electron chi connectivity index (χ3n) is 3.01. The number of ether oxygens (including phenoxy) is 1. The van der Waals surface area contributed by atoms with Crippen LogP contribution in [0.15, 0.2) is 0 Å². The Labute approximate surface area is 90.0 Å². The van der Waals surface area contributed by atoms with Gasteiger partial charge in [0.1, 0.15) is 6.10 Å². The topological polar surface area (TPSA) is 84.6 Å². The Morgan fingerprint density at radius 1 is 1.67 bits per heavy atom. The van der Waals surface area contributed by atoms with E-state index in [9.17, 15) is 4.79 Å². The lowest BCUT2D eigenvalue weighted by molar-refractivity contribution is -0.131. The molecule has 0 radical (unpaired) electrons. The molecule has 15 heavy (non-hydrogen) atoms. The summed E-state index contributed by atoms with van der Waals surface area (Å²) in [6, 6.07) is 0.0756. The van der Waals surface area contributed by atoms with Gasteiger partial charge in [-0.2, -0.15) is 0 Å². The van der Waals surface area contributed by atoms with Gasteiger partial charge in [0.2, 0.25) is 0 Å². The van der Waals surface area contributed by atoms with Gasteiger partial charge in [-0.3, -0.25) is 4.79 Å². The number of rotatable bonds is 5. The molecule has 0 aromatic carbocycles. The average Bonchev–Trinajstić information content (AvgIpc) is 2.67. The number of carbonyl (C=O) groups excluding carboxylic acids is 1. The van der Waals surface area contributed by atoms with Crippen LogP contribution in [0.5, 0.6) is 0 Å². The molecule has 0 aliphatic heterocycles. The predicted octanol–water partition coefficient (Wildman–Crippen LogP) is -0.763. The Kier molecular flexibility index (Phi) is 5.01. The third-order valence-corrected chi connectivity index (χ3v) is 3.01. The molecule has 1 fully saturated rings. The van der Waals surface area contributed by atoms with Crippen molar-refractivity contribution in [2.75, 3.05) is 20.3 Å². The predicted molar refractivity (Wildman–Crippen MR) is 56.2 cm³/mol. The van der Waals surface area contributed by atoms with Crippen LogP contribution < -0.4 is 11.1 Å². The molecule has 1 aliphatic carbocycles. The van der Waals surface area contributed by atoms with E-state index in [0.717, 1.165) is 19.3 Å². The zero-order valence-corrected chi connectivity index (χ0v) is 9.11. The van der Waals surface area contributed by atoms with Crippen molar-refractivity contribution in [2.45, 2.75) is 31.4 Å². The zero-order valence-electron chi connectivity index (χ0n) is 9.11. The summed E-state index contributed by atoms with van der Waals surface area (Å²) in [5, 5.41) is 12.0. The number of nitrogens with one attached hydrogen (secondary N) is 1. The molecule has 5 nitrogen and oxygen atoms in total. The van der Waals surface area contributed by atoms with Crippen molar-refractivity contribution < 1.29 is 14.6 Å². The van der Waals surface area contributed by atoms with Gasteiger partial charge in [-0.25, -0.2) is 0 Å². The van der Waals surface area contributed by atoms with Crippen LogP contribution in [0.2, 0.25) is 0 Å². The van der Waals surface area contributed by atoms with Gasteiger partial charge in [0.15, 0.2) is 0 Å². The van der Waals surface area contributed by atoms with Gasteiger partial charge in [0, 0.05) is 32.2 Å². The summed E-state index contributed by atoms with van der Waals surface area (Å²) in [6.07, 6.45) is 2.38. The van der Waals surface area contributed by atoms with Gasteiger partial charge in [-0.1, -0.05) is 6.42 Å². The van der Waals surface area contributed by atoms with E-state index in [1.54, 1.807) is 0 Å². The highest BCUT2D eigenvalue weighted by Gasteiger charge is 2.29. The fourth-order valence-corrected chi connectivity index (χ4v) is 2.03. The maximum Gasteiger partial charge on any atom is 0.250 e. The third kappa shape index (κ3) is 3.15. The highest BCUT2D eigenvalue weighted by molar-refractivity contribution is 5.81. The number of hydrogen-bond donors (Lipinski definition) is 3. The van der Waals surface area contributed by atoms with Crippen LogP contribution in [0.4, 0.5) is 0 Å². The average molecular weight is 216 g/mol. The lowest BCUT2D eigenvalue weighted by Gasteiger charge is -2.21. The fraction of sp³-hybridized carbons (Fsp3) is 0.900. The Morgan fingerprint density at radius 3 is 2.93 bits per heavy atom. The molecule has 1 amide bonds. The van der Waals surface area contributed by atoms with Crippen molar-refractivity contribution in [1.29, 1.82) is 0 Å². The molecular formula is C10H20N2O3. The maximum absolute atomic E-state index is 11.6. The largest absolute Gasteiger partial charge is 0.396 e. The molecule has 0 aromatic heterocycles. The van der Waals surface area contributed by atoms with E-state index in [0.29, 0.717) is 0 Å². The van der Waals surface area contributed by atoms with E-state index in [1.165, 1.54) is 7.11 Å². The summed E-state index contributed by atoms with van der Waals surface area (Å²) in [6.45, 7) is 0.310. The number of amides is 1. The van der Waals surface area contributed by atoms with E-state index >= 15 is 0 Å².